The molecule has 6 heteroatoms. The van der Waals surface area contributed by atoms with Crippen molar-refractivity contribution in [3.63, 3.8) is 0 Å². The third kappa shape index (κ3) is 52.6. The Bertz CT molecular complexity index is 1110. The van der Waals surface area contributed by atoms with Crippen LogP contribution in [-0.4, -0.2) is 37.2 Å². The molecule has 0 heterocycles. The van der Waals surface area contributed by atoms with Gasteiger partial charge < -0.3 is 14.2 Å². The van der Waals surface area contributed by atoms with Gasteiger partial charge in [-0.3, -0.25) is 14.4 Å². The summed E-state index contributed by atoms with van der Waals surface area (Å²) in [6, 6.07) is 0. The summed E-state index contributed by atoms with van der Waals surface area (Å²) in [5, 5.41) is 0. The number of allylic oxidation sites excluding steroid dienone is 6. The van der Waals surface area contributed by atoms with Crippen LogP contribution in [0.25, 0.3) is 0 Å². The highest BCUT2D eigenvalue weighted by Crippen LogP contribution is 2.17. The van der Waals surface area contributed by atoms with Crippen LogP contribution < -0.4 is 0 Å². The van der Waals surface area contributed by atoms with Crippen molar-refractivity contribution in [1.82, 2.24) is 0 Å². The van der Waals surface area contributed by atoms with Crippen molar-refractivity contribution >= 4 is 17.9 Å². The van der Waals surface area contributed by atoms with Gasteiger partial charge in [0.25, 0.3) is 0 Å². The molecule has 0 saturated heterocycles. The van der Waals surface area contributed by atoms with Gasteiger partial charge in [-0.15, -0.1) is 0 Å². The molecule has 0 saturated carbocycles. The van der Waals surface area contributed by atoms with Crippen molar-refractivity contribution in [1.29, 1.82) is 0 Å². The van der Waals surface area contributed by atoms with Crippen molar-refractivity contribution in [3.05, 3.63) is 36.5 Å². The fourth-order valence-electron chi connectivity index (χ4n) is 8.54. The molecule has 0 aromatic carbocycles. The smallest absolute Gasteiger partial charge is 0.306 e. The van der Waals surface area contributed by atoms with Crippen molar-refractivity contribution in [3.8, 4) is 0 Å². The molecule has 66 heavy (non-hydrogen) atoms. The number of rotatable bonds is 53. The Morgan fingerprint density at radius 2 is 0.591 bits per heavy atom. The van der Waals surface area contributed by atoms with Crippen molar-refractivity contribution < 1.29 is 28.6 Å². The molecule has 0 spiro atoms. The topological polar surface area (TPSA) is 78.9 Å². The first kappa shape index (κ1) is 63.6. The standard InChI is InChI=1S/C60H110O6/c1-4-7-10-13-16-19-22-25-28-30-31-33-35-38-41-44-47-50-53-59(62)65-56-57(55-64-58(61)52-49-46-43-40-37-34-27-24-21-18-15-12-9-6-3)66-60(63)54-51-48-45-42-39-36-32-29-26-23-20-17-14-11-8-5-2/h9,12,18,21,29,32,57H,4-8,10-11,13-17,19-20,22-28,30-31,33-56H2,1-3H3/b12-9-,21-18-,32-29-. The molecule has 0 aromatic rings. The van der Waals surface area contributed by atoms with E-state index in [1.165, 1.54) is 186 Å². The van der Waals surface area contributed by atoms with Gasteiger partial charge in [0, 0.05) is 19.3 Å². The summed E-state index contributed by atoms with van der Waals surface area (Å²) < 4.78 is 16.9. The first-order valence-corrected chi connectivity index (χ1v) is 29.0. The van der Waals surface area contributed by atoms with Crippen LogP contribution in [0.15, 0.2) is 36.5 Å². The molecule has 0 aliphatic heterocycles. The number of unbranched alkanes of at least 4 members (excludes halogenated alkanes) is 36. The zero-order valence-corrected chi connectivity index (χ0v) is 44.2. The Labute approximate surface area is 410 Å². The fraction of sp³-hybridized carbons (Fsp3) is 0.850. The first-order chi connectivity index (χ1) is 32.5. The molecule has 386 valence electrons. The van der Waals surface area contributed by atoms with Crippen LogP contribution in [0.3, 0.4) is 0 Å². The van der Waals surface area contributed by atoms with E-state index in [0.29, 0.717) is 19.3 Å². The molecule has 0 N–H and O–H groups in total. The molecule has 0 aromatic heterocycles. The number of carbonyl (C=O) groups is 3. The maximum Gasteiger partial charge on any atom is 0.306 e. The first-order valence-electron chi connectivity index (χ1n) is 29.0. The molecule has 1 unspecified atom stereocenters. The van der Waals surface area contributed by atoms with E-state index in [-0.39, 0.29) is 31.1 Å². The lowest BCUT2D eigenvalue weighted by atomic mass is 10.0. The normalized spacial score (nSPS) is 12.2. The van der Waals surface area contributed by atoms with Gasteiger partial charge in [-0.05, 0) is 70.6 Å². The number of hydrogen-bond donors (Lipinski definition) is 0. The Balaban J connectivity index is 4.34. The molecule has 0 radical (unpaired) electrons. The van der Waals surface area contributed by atoms with Crippen LogP contribution in [0.5, 0.6) is 0 Å². The zero-order chi connectivity index (χ0) is 47.9. The van der Waals surface area contributed by atoms with Crippen LogP contribution in [-0.2, 0) is 28.6 Å². The van der Waals surface area contributed by atoms with Crippen LogP contribution in [0.2, 0.25) is 0 Å². The number of esters is 3. The van der Waals surface area contributed by atoms with Crippen LogP contribution in [0, 0.1) is 0 Å². The van der Waals surface area contributed by atoms with Crippen molar-refractivity contribution in [2.24, 2.45) is 0 Å². The lowest BCUT2D eigenvalue weighted by Gasteiger charge is -2.18. The molecule has 0 amide bonds. The Morgan fingerprint density at radius 3 is 0.924 bits per heavy atom. The SMILES string of the molecule is CC/C=C\C/C=C\CCCCCCCCCC(=O)OCC(COC(=O)CCCCCCCCCCCCCCCCCCCC)OC(=O)CCCCCCC/C=C\CCCCCCCCC. The second-order valence-electron chi connectivity index (χ2n) is 19.5. The summed E-state index contributed by atoms with van der Waals surface area (Å²) in [7, 11) is 0. The monoisotopic (exact) mass is 927 g/mol. The van der Waals surface area contributed by atoms with E-state index < -0.39 is 6.10 Å². The fourth-order valence-corrected chi connectivity index (χ4v) is 8.54. The third-order valence-corrected chi connectivity index (χ3v) is 12.9. The predicted molar refractivity (Wildman–Crippen MR) is 284 cm³/mol. The Kier molecular flexibility index (Phi) is 53.2. The minimum Gasteiger partial charge on any atom is -0.462 e. The molecule has 0 rings (SSSR count). The minimum absolute atomic E-state index is 0.0743. The van der Waals surface area contributed by atoms with E-state index >= 15 is 0 Å². The molecule has 0 bridgehead atoms. The highest BCUT2D eigenvalue weighted by atomic mass is 16.6. The van der Waals surface area contributed by atoms with Crippen LogP contribution in [0.4, 0.5) is 0 Å². The van der Waals surface area contributed by atoms with E-state index in [2.05, 4.69) is 57.2 Å². The van der Waals surface area contributed by atoms with E-state index in [0.717, 1.165) is 83.5 Å². The Hall–Kier alpha value is -2.37. The summed E-state index contributed by atoms with van der Waals surface area (Å²) in [5.74, 6) is -0.874. The maximum atomic E-state index is 12.8. The molecular formula is C60H110O6. The summed E-state index contributed by atoms with van der Waals surface area (Å²) in [4.78, 5) is 38.1. The highest BCUT2D eigenvalue weighted by Gasteiger charge is 2.19. The van der Waals surface area contributed by atoms with Crippen LogP contribution in [0.1, 0.15) is 310 Å². The van der Waals surface area contributed by atoms with Gasteiger partial charge >= 0.3 is 17.9 Å². The lowest BCUT2D eigenvalue weighted by molar-refractivity contribution is -0.167. The maximum absolute atomic E-state index is 12.8. The minimum atomic E-state index is -0.777. The van der Waals surface area contributed by atoms with Gasteiger partial charge in [-0.25, -0.2) is 0 Å². The highest BCUT2D eigenvalue weighted by molar-refractivity contribution is 5.71. The quantitative estimate of drug-likeness (QED) is 0.0262. The summed E-state index contributed by atoms with van der Waals surface area (Å²) in [6.07, 6.45) is 65.6. The molecular weight excluding hydrogens is 817 g/mol. The summed E-state index contributed by atoms with van der Waals surface area (Å²) >= 11 is 0. The Morgan fingerprint density at radius 1 is 0.318 bits per heavy atom. The average Bonchev–Trinajstić information content (AvgIpc) is 3.31. The van der Waals surface area contributed by atoms with Gasteiger partial charge in [0.15, 0.2) is 6.10 Å². The van der Waals surface area contributed by atoms with Gasteiger partial charge in [-0.1, -0.05) is 256 Å². The summed E-state index contributed by atoms with van der Waals surface area (Å²) in [6.45, 7) is 6.56. The van der Waals surface area contributed by atoms with Crippen LogP contribution >= 0.6 is 0 Å². The summed E-state index contributed by atoms with van der Waals surface area (Å²) in [5.41, 5.74) is 0. The largest absolute Gasteiger partial charge is 0.462 e. The van der Waals surface area contributed by atoms with E-state index in [9.17, 15) is 14.4 Å². The van der Waals surface area contributed by atoms with Crippen molar-refractivity contribution in [2.75, 3.05) is 13.2 Å². The zero-order valence-electron chi connectivity index (χ0n) is 44.2. The lowest BCUT2D eigenvalue weighted by Crippen LogP contribution is -2.30. The number of ether oxygens (including phenoxy) is 3. The molecule has 0 fully saturated rings. The van der Waals surface area contributed by atoms with Gasteiger partial charge in [0.2, 0.25) is 0 Å². The van der Waals surface area contributed by atoms with Gasteiger partial charge in [0.05, 0.1) is 0 Å². The number of hydrogen-bond acceptors (Lipinski definition) is 6. The number of carbonyl (C=O) groups excluding carboxylic acids is 3. The second-order valence-corrected chi connectivity index (χ2v) is 19.5. The third-order valence-electron chi connectivity index (χ3n) is 12.9. The van der Waals surface area contributed by atoms with Gasteiger partial charge in [0.1, 0.15) is 13.2 Å². The van der Waals surface area contributed by atoms with Crippen molar-refractivity contribution in [2.45, 2.75) is 316 Å². The molecule has 1 atom stereocenters. The molecule has 6 nitrogen and oxygen atoms in total. The van der Waals surface area contributed by atoms with E-state index in [1.54, 1.807) is 0 Å². The van der Waals surface area contributed by atoms with Gasteiger partial charge in [-0.2, -0.15) is 0 Å². The predicted octanol–water partition coefficient (Wildman–Crippen LogP) is 19.3. The molecule has 0 aliphatic carbocycles. The average molecular weight is 928 g/mol. The molecule has 0 aliphatic rings. The van der Waals surface area contributed by atoms with E-state index in [4.69, 9.17) is 14.2 Å². The second kappa shape index (κ2) is 55.2. The van der Waals surface area contributed by atoms with E-state index in [1.807, 2.05) is 0 Å².